The number of rotatable bonds is 5. The quantitative estimate of drug-likeness (QED) is 0.527. The van der Waals surface area contributed by atoms with Crippen LogP contribution >= 0.6 is 11.3 Å². The van der Waals surface area contributed by atoms with E-state index in [2.05, 4.69) is 4.98 Å². The molecule has 0 N–H and O–H groups in total. The van der Waals surface area contributed by atoms with E-state index in [9.17, 15) is 9.59 Å². The second-order valence-electron chi connectivity index (χ2n) is 6.04. The fraction of sp³-hybridized carbons (Fsp3) is 0.389. The van der Waals surface area contributed by atoms with E-state index in [1.54, 1.807) is 17.7 Å². The van der Waals surface area contributed by atoms with Gasteiger partial charge in [0.15, 0.2) is 0 Å². The molecule has 0 aliphatic rings. The molecule has 1 aromatic carbocycles. The lowest BCUT2D eigenvalue weighted by molar-refractivity contribution is 0.189. The van der Waals surface area contributed by atoms with Crippen LogP contribution in [-0.4, -0.2) is 23.3 Å². The van der Waals surface area contributed by atoms with Crippen molar-refractivity contribution in [2.24, 2.45) is 0 Å². The van der Waals surface area contributed by atoms with Gasteiger partial charge >= 0.3 is 0 Å². The van der Waals surface area contributed by atoms with Gasteiger partial charge in [0.1, 0.15) is 16.0 Å². The topological polar surface area (TPSA) is 61.2 Å². The Morgan fingerprint density at radius 1 is 1.25 bits per heavy atom. The van der Waals surface area contributed by atoms with Crippen LogP contribution < -0.4 is 11.0 Å². The number of methoxy groups -OCH3 is 1. The summed E-state index contributed by atoms with van der Waals surface area (Å²) in [6, 6.07) is 7.36. The number of hydrogen-bond acceptors (Lipinski definition) is 5. The van der Waals surface area contributed by atoms with E-state index in [-0.39, 0.29) is 22.3 Å². The molecule has 126 valence electrons. The predicted molar refractivity (Wildman–Crippen MR) is 98.2 cm³/mol. The lowest BCUT2D eigenvalue weighted by Gasteiger charge is -2.15. The number of nitrogens with zero attached hydrogens (tertiary/aromatic N) is 2. The Labute approximate surface area is 143 Å². The maximum absolute atomic E-state index is 13.0. The van der Waals surface area contributed by atoms with Crippen LogP contribution in [0.15, 0.2) is 33.9 Å². The lowest BCUT2D eigenvalue weighted by Crippen LogP contribution is -2.29. The molecule has 0 unspecified atom stereocenters. The first-order valence-electron chi connectivity index (χ1n) is 7.99. The predicted octanol–water partition coefficient (Wildman–Crippen LogP) is 3.13. The van der Waals surface area contributed by atoms with Crippen LogP contribution in [0.4, 0.5) is 0 Å². The lowest BCUT2D eigenvalue weighted by atomic mass is 10.2. The van der Waals surface area contributed by atoms with E-state index in [0.29, 0.717) is 29.8 Å². The molecule has 0 aliphatic heterocycles. The highest BCUT2D eigenvalue weighted by Gasteiger charge is 2.17. The smallest absolute Gasteiger partial charge is 0.266 e. The van der Waals surface area contributed by atoms with Gasteiger partial charge in [0, 0.05) is 36.3 Å². The van der Waals surface area contributed by atoms with Crippen LogP contribution in [0.2, 0.25) is 0 Å². The zero-order chi connectivity index (χ0) is 17.3. The highest BCUT2D eigenvalue weighted by atomic mass is 32.1. The van der Waals surface area contributed by atoms with Crippen molar-refractivity contribution >= 4 is 31.6 Å². The van der Waals surface area contributed by atoms with Crippen molar-refractivity contribution < 1.29 is 4.74 Å². The van der Waals surface area contributed by atoms with Crippen molar-refractivity contribution in [3.63, 3.8) is 0 Å². The van der Waals surface area contributed by atoms with Gasteiger partial charge in [0.05, 0.1) is 0 Å². The first kappa shape index (κ1) is 16.8. The second kappa shape index (κ2) is 6.83. The van der Waals surface area contributed by atoms with E-state index < -0.39 is 0 Å². The molecule has 24 heavy (non-hydrogen) atoms. The van der Waals surface area contributed by atoms with Gasteiger partial charge in [-0.3, -0.25) is 14.2 Å². The van der Waals surface area contributed by atoms with Crippen molar-refractivity contribution in [3.8, 4) is 0 Å². The standard InChI is InChI=1S/C18H20N2O3S/c1-11(2)16-19-17-14(18(22)20(16)9-6-10-23-3)15(21)12-7-4-5-8-13(12)24-17/h4-5,7-8,11H,6,9-10H2,1-3H3. The summed E-state index contributed by atoms with van der Waals surface area (Å²) in [4.78, 5) is 31.0. The molecule has 0 spiro atoms. The van der Waals surface area contributed by atoms with Gasteiger partial charge in [0.25, 0.3) is 5.56 Å². The highest BCUT2D eigenvalue weighted by molar-refractivity contribution is 7.24. The molecule has 0 saturated heterocycles. The minimum absolute atomic E-state index is 0.0958. The van der Waals surface area contributed by atoms with Crippen molar-refractivity contribution in [1.29, 1.82) is 0 Å². The third kappa shape index (κ3) is 2.87. The molecule has 3 aromatic rings. The Kier molecular flexibility index (Phi) is 4.78. The molecule has 2 aromatic heterocycles. The summed E-state index contributed by atoms with van der Waals surface area (Å²) in [5, 5.41) is 0.773. The van der Waals surface area contributed by atoms with E-state index in [1.165, 1.54) is 11.3 Å². The van der Waals surface area contributed by atoms with Crippen molar-refractivity contribution in [2.75, 3.05) is 13.7 Å². The van der Waals surface area contributed by atoms with E-state index >= 15 is 0 Å². The third-order valence-electron chi connectivity index (χ3n) is 3.98. The highest BCUT2D eigenvalue weighted by Crippen LogP contribution is 2.23. The molecule has 0 radical (unpaired) electrons. The number of benzene rings is 1. The van der Waals surface area contributed by atoms with E-state index in [1.807, 2.05) is 32.0 Å². The molecule has 0 aliphatic carbocycles. The average molecular weight is 344 g/mol. The zero-order valence-corrected chi connectivity index (χ0v) is 14.9. The molecule has 3 rings (SSSR count). The Morgan fingerprint density at radius 3 is 2.71 bits per heavy atom. The Bertz CT molecular complexity index is 1000. The van der Waals surface area contributed by atoms with E-state index in [0.717, 1.165) is 10.5 Å². The van der Waals surface area contributed by atoms with Crippen molar-refractivity contribution in [3.05, 3.63) is 50.7 Å². The molecular weight excluding hydrogens is 324 g/mol. The normalized spacial score (nSPS) is 11.7. The molecule has 2 heterocycles. The summed E-state index contributed by atoms with van der Waals surface area (Å²) in [6.45, 7) is 5.07. The van der Waals surface area contributed by atoms with Crippen molar-refractivity contribution in [1.82, 2.24) is 9.55 Å². The zero-order valence-electron chi connectivity index (χ0n) is 14.0. The van der Waals surface area contributed by atoms with Crippen molar-refractivity contribution in [2.45, 2.75) is 32.7 Å². The number of ether oxygens (including phenoxy) is 1. The minimum Gasteiger partial charge on any atom is -0.385 e. The van der Waals surface area contributed by atoms with Crippen LogP contribution in [0.1, 0.15) is 32.0 Å². The fourth-order valence-electron chi connectivity index (χ4n) is 2.82. The maximum atomic E-state index is 13.0. The van der Waals surface area contributed by atoms with Crippen LogP contribution in [0, 0.1) is 0 Å². The number of aromatic nitrogens is 2. The summed E-state index contributed by atoms with van der Waals surface area (Å²) >= 11 is 1.40. The summed E-state index contributed by atoms with van der Waals surface area (Å²) in [5.41, 5.74) is -0.473. The number of fused-ring (bicyclic) bond motifs is 2. The first-order chi connectivity index (χ1) is 11.5. The molecule has 0 atom stereocenters. The van der Waals surface area contributed by atoms with Crippen LogP contribution in [0.25, 0.3) is 20.3 Å². The Hall–Kier alpha value is -2.05. The van der Waals surface area contributed by atoms with Crippen LogP contribution in [0.5, 0.6) is 0 Å². The molecule has 0 saturated carbocycles. The van der Waals surface area contributed by atoms with Gasteiger partial charge in [-0.25, -0.2) is 4.98 Å². The average Bonchev–Trinajstić information content (AvgIpc) is 2.56. The van der Waals surface area contributed by atoms with Gasteiger partial charge in [-0.2, -0.15) is 0 Å². The monoisotopic (exact) mass is 344 g/mol. The van der Waals surface area contributed by atoms with Gasteiger partial charge in [-0.1, -0.05) is 26.0 Å². The Balaban J connectivity index is 2.34. The second-order valence-corrected chi connectivity index (χ2v) is 7.07. The molecule has 0 amide bonds. The minimum atomic E-state index is -0.244. The third-order valence-corrected chi connectivity index (χ3v) is 5.04. The van der Waals surface area contributed by atoms with Crippen LogP contribution in [0.3, 0.4) is 0 Å². The molecule has 6 heteroatoms. The van der Waals surface area contributed by atoms with Gasteiger partial charge in [-0.05, 0) is 18.6 Å². The summed E-state index contributed by atoms with van der Waals surface area (Å²) in [5.74, 6) is 0.813. The largest absolute Gasteiger partial charge is 0.385 e. The SMILES string of the molecule is COCCCn1c(C(C)C)nc2sc3ccccc3c(=O)c2c1=O. The summed E-state index contributed by atoms with van der Waals surface area (Å²) < 4.78 is 7.57. The first-order valence-corrected chi connectivity index (χ1v) is 8.81. The summed E-state index contributed by atoms with van der Waals surface area (Å²) in [7, 11) is 1.63. The fourth-order valence-corrected chi connectivity index (χ4v) is 3.87. The molecular formula is C18H20N2O3S. The molecule has 5 nitrogen and oxygen atoms in total. The van der Waals surface area contributed by atoms with Crippen LogP contribution in [-0.2, 0) is 11.3 Å². The maximum Gasteiger partial charge on any atom is 0.266 e. The molecule has 0 bridgehead atoms. The van der Waals surface area contributed by atoms with Gasteiger partial charge in [-0.15, -0.1) is 11.3 Å². The Morgan fingerprint density at radius 2 is 2.00 bits per heavy atom. The van der Waals surface area contributed by atoms with E-state index in [4.69, 9.17) is 4.74 Å². The van der Waals surface area contributed by atoms with Gasteiger partial charge in [0.2, 0.25) is 5.43 Å². The summed E-state index contributed by atoms with van der Waals surface area (Å²) in [6.07, 6.45) is 0.703. The molecule has 0 fully saturated rings. The number of hydrogen-bond donors (Lipinski definition) is 0. The van der Waals surface area contributed by atoms with Gasteiger partial charge < -0.3 is 4.74 Å².